The van der Waals surface area contributed by atoms with Crippen molar-refractivity contribution < 1.29 is 8.78 Å². The van der Waals surface area contributed by atoms with Gasteiger partial charge in [0, 0.05) is 31.2 Å². The average Bonchev–Trinajstić information content (AvgIpc) is 3.31. The van der Waals surface area contributed by atoms with Gasteiger partial charge in [0.05, 0.1) is 11.2 Å². The second-order valence-electron chi connectivity index (χ2n) is 6.58. The molecule has 2 fully saturated rings. The molecular formula is C15H18F2N6O2. The van der Waals surface area contributed by atoms with Gasteiger partial charge < -0.3 is 16.6 Å². The maximum absolute atomic E-state index is 15.1. The maximum Gasteiger partial charge on any atom is 0.347 e. The molecule has 1 saturated carbocycles. The third-order valence-electron chi connectivity index (χ3n) is 4.73. The lowest BCUT2D eigenvalue weighted by Gasteiger charge is -2.34. The average molecular weight is 352 g/mol. The van der Waals surface area contributed by atoms with Crippen molar-refractivity contribution in [3.63, 3.8) is 0 Å². The molecule has 1 aromatic heterocycles. The zero-order valence-electron chi connectivity index (χ0n) is 13.3. The molecule has 1 aliphatic heterocycles. The molecule has 1 saturated heterocycles. The van der Waals surface area contributed by atoms with Gasteiger partial charge in [0.25, 0.3) is 5.56 Å². The van der Waals surface area contributed by atoms with Gasteiger partial charge in [0.15, 0.2) is 5.82 Å². The van der Waals surface area contributed by atoms with Gasteiger partial charge in [-0.15, -0.1) is 0 Å². The maximum atomic E-state index is 15.1. The van der Waals surface area contributed by atoms with Crippen molar-refractivity contribution in [3.05, 3.63) is 38.5 Å². The molecule has 1 aliphatic carbocycles. The van der Waals surface area contributed by atoms with E-state index in [4.69, 9.17) is 11.6 Å². The number of aromatic nitrogens is 2. The van der Waals surface area contributed by atoms with E-state index in [1.807, 2.05) is 5.01 Å². The summed E-state index contributed by atoms with van der Waals surface area (Å²) in [6.45, 7) is 1.17. The molecule has 2 aliphatic rings. The molecule has 0 amide bonds. The molecule has 0 unspecified atom stereocenters. The lowest BCUT2D eigenvalue weighted by Crippen LogP contribution is -2.45. The van der Waals surface area contributed by atoms with Gasteiger partial charge in [-0.05, 0) is 19.3 Å². The quantitative estimate of drug-likeness (QED) is 0.648. The summed E-state index contributed by atoms with van der Waals surface area (Å²) < 4.78 is 29.9. The van der Waals surface area contributed by atoms with E-state index in [1.165, 1.54) is 0 Å². The van der Waals surface area contributed by atoms with Crippen LogP contribution in [-0.4, -0.2) is 39.8 Å². The monoisotopic (exact) mass is 352 g/mol. The van der Waals surface area contributed by atoms with Crippen molar-refractivity contribution in [2.75, 3.05) is 23.9 Å². The van der Waals surface area contributed by atoms with Crippen LogP contribution in [0.1, 0.15) is 19.3 Å². The van der Waals surface area contributed by atoms with E-state index in [-0.39, 0.29) is 22.4 Å². The normalized spacial score (nSPS) is 21.2. The number of hydrogen-bond donors (Lipinski definition) is 3. The smallest absolute Gasteiger partial charge is 0.332 e. The topological polar surface area (TPSA) is 113 Å². The Morgan fingerprint density at radius 3 is 2.56 bits per heavy atom. The summed E-state index contributed by atoms with van der Waals surface area (Å²) in [6, 6.07) is 1.01. The van der Waals surface area contributed by atoms with Crippen LogP contribution in [0.4, 0.5) is 14.5 Å². The van der Waals surface area contributed by atoms with Crippen LogP contribution in [0.5, 0.6) is 0 Å². The van der Waals surface area contributed by atoms with Gasteiger partial charge in [-0.1, -0.05) is 0 Å². The molecule has 0 bridgehead atoms. The number of nitrogens with zero attached hydrogens (tertiary/aromatic N) is 3. The molecular weight excluding hydrogens is 334 g/mol. The lowest BCUT2D eigenvalue weighted by atomic mass is 10.2. The molecule has 1 atom stereocenters. The second kappa shape index (κ2) is 5.53. The fraction of sp³-hybridized carbons (Fsp3) is 0.467. The number of halogens is 2. The summed E-state index contributed by atoms with van der Waals surface area (Å²) in [4.78, 5) is 25.9. The van der Waals surface area contributed by atoms with E-state index in [9.17, 15) is 14.0 Å². The Kier molecular flexibility index (Phi) is 3.55. The largest absolute Gasteiger partial charge is 0.347 e. The summed E-state index contributed by atoms with van der Waals surface area (Å²) in [5, 5.41) is 3.03. The highest BCUT2D eigenvalue weighted by Gasteiger charge is 2.38. The number of anilines is 1. The van der Waals surface area contributed by atoms with Crippen LogP contribution < -0.4 is 27.8 Å². The Morgan fingerprint density at radius 1 is 1.24 bits per heavy atom. The highest BCUT2D eigenvalue weighted by Crippen LogP contribution is 2.37. The molecule has 0 spiro atoms. The molecule has 25 heavy (non-hydrogen) atoms. The highest BCUT2D eigenvalue weighted by molar-refractivity contribution is 5.83. The number of H-pyrrole nitrogens is 1. The number of nitrogen functional groups attached to an aromatic ring is 1. The predicted octanol–water partition coefficient (Wildman–Crippen LogP) is -0.401. The van der Waals surface area contributed by atoms with E-state index in [0.717, 1.165) is 25.3 Å². The van der Waals surface area contributed by atoms with Crippen LogP contribution in [-0.2, 0) is 0 Å². The van der Waals surface area contributed by atoms with Crippen molar-refractivity contribution in [2.45, 2.75) is 31.3 Å². The van der Waals surface area contributed by atoms with Crippen molar-refractivity contribution in [1.29, 1.82) is 0 Å². The van der Waals surface area contributed by atoms with E-state index < -0.39 is 33.8 Å². The summed E-state index contributed by atoms with van der Waals surface area (Å²) in [5.41, 5.74) is 3.37. The Morgan fingerprint density at radius 2 is 1.96 bits per heavy atom. The van der Waals surface area contributed by atoms with E-state index in [1.54, 1.807) is 5.01 Å². The second-order valence-corrected chi connectivity index (χ2v) is 6.58. The molecule has 8 nitrogen and oxygen atoms in total. The SMILES string of the molecule is N[C@H]1CCN(N(c2cc(F)c3c(=O)n(N)c(=O)[nH]c3c2F)C2CC2)C1. The predicted molar refractivity (Wildman–Crippen MR) is 88.6 cm³/mol. The number of rotatable bonds is 3. The first-order valence-corrected chi connectivity index (χ1v) is 8.10. The van der Waals surface area contributed by atoms with Gasteiger partial charge in [-0.2, -0.15) is 4.68 Å². The molecule has 10 heteroatoms. The van der Waals surface area contributed by atoms with Crippen LogP contribution in [0, 0.1) is 11.6 Å². The van der Waals surface area contributed by atoms with Crippen LogP contribution >= 0.6 is 0 Å². The minimum Gasteiger partial charge on any atom is -0.332 e. The minimum atomic E-state index is -1.08. The molecule has 2 heterocycles. The zero-order chi connectivity index (χ0) is 17.9. The van der Waals surface area contributed by atoms with Crippen LogP contribution in [0.25, 0.3) is 10.9 Å². The summed E-state index contributed by atoms with van der Waals surface area (Å²) in [6.07, 6.45) is 2.47. The Labute approximate surface area is 140 Å². The number of fused-ring (bicyclic) bond motifs is 1. The number of nitrogens with two attached hydrogens (primary N) is 2. The third kappa shape index (κ3) is 2.48. The highest BCUT2D eigenvalue weighted by atomic mass is 19.1. The molecule has 4 rings (SSSR count). The third-order valence-corrected chi connectivity index (χ3v) is 4.73. The van der Waals surface area contributed by atoms with E-state index in [2.05, 4.69) is 4.98 Å². The van der Waals surface area contributed by atoms with Gasteiger partial charge in [-0.25, -0.2) is 18.6 Å². The zero-order valence-corrected chi connectivity index (χ0v) is 13.3. The Bertz CT molecular complexity index is 967. The summed E-state index contributed by atoms with van der Waals surface area (Å²) in [5.74, 6) is 3.50. The molecule has 0 radical (unpaired) electrons. The number of nitrogens with one attached hydrogen (secondary N) is 1. The van der Waals surface area contributed by atoms with Crippen molar-refractivity contribution in [3.8, 4) is 0 Å². The first-order chi connectivity index (χ1) is 11.9. The Hall–Kier alpha value is -2.46. The number of benzene rings is 1. The van der Waals surface area contributed by atoms with Crippen molar-refractivity contribution in [1.82, 2.24) is 14.7 Å². The van der Waals surface area contributed by atoms with Gasteiger partial charge in [-0.3, -0.25) is 9.80 Å². The van der Waals surface area contributed by atoms with Crippen molar-refractivity contribution >= 4 is 16.6 Å². The fourth-order valence-electron chi connectivity index (χ4n) is 3.35. The van der Waals surface area contributed by atoms with Gasteiger partial charge in [0.1, 0.15) is 11.2 Å². The molecule has 2 aromatic rings. The van der Waals surface area contributed by atoms with Gasteiger partial charge in [0.2, 0.25) is 0 Å². The number of hydrogen-bond acceptors (Lipinski definition) is 6. The number of aromatic amines is 1. The van der Waals surface area contributed by atoms with Crippen LogP contribution in [0.2, 0.25) is 0 Å². The minimum absolute atomic E-state index is 0.00794. The molecule has 5 N–H and O–H groups in total. The van der Waals surface area contributed by atoms with E-state index in [0.29, 0.717) is 13.1 Å². The molecule has 134 valence electrons. The summed E-state index contributed by atoms with van der Waals surface area (Å²) in [7, 11) is 0. The number of hydrazine groups is 1. The lowest BCUT2D eigenvalue weighted by molar-refractivity contribution is 0.295. The standard InChI is InChI=1S/C15H18F2N6O2/c16-9-5-10(23(8-1-2-8)21-4-3-7(18)6-21)12(17)13-11(9)14(24)22(19)15(25)20-13/h5,7-8H,1-4,6,18-19H2,(H,20,25)/t7-/m0/s1. The fourth-order valence-corrected chi connectivity index (χ4v) is 3.35. The van der Waals surface area contributed by atoms with Crippen molar-refractivity contribution in [2.24, 2.45) is 5.73 Å². The summed E-state index contributed by atoms with van der Waals surface area (Å²) >= 11 is 0. The van der Waals surface area contributed by atoms with Gasteiger partial charge >= 0.3 is 5.69 Å². The Balaban J connectivity index is 1.93. The first-order valence-electron chi connectivity index (χ1n) is 8.10. The van der Waals surface area contributed by atoms with E-state index >= 15 is 4.39 Å². The first kappa shape index (κ1) is 16.0. The van der Waals surface area contributed by atoms with Crippen LogP contribution in [0.15, 0.2) is 15.7 Å². The molecule has 1 aromatic carbocycles. The van der Waals surface area contributed by atoms with Crippen LogP contribution in [0.3, 0.4) is 0 Å².